The molecular formula is C19H22ClN3O4S2. The number of rotatable bonds is 5. The summed E-state index contributed by atoms with van der Waals surface area (Å²) in [6, 6.07) is 5.64. The van der Waals surface area contributed by atoms with Crippen LogP contribution in [0.1, 0.15) is 25.7 Å². The molecule has 2 fully saturated rings. The van der Waals surface area contributed by atoms with Crippen LogP contribution in [0.3, 0.4) is 0 Å². The molecule has 2 aliphatic heterocycles. The quantitative estimate of drug-likeness (QED) is 0.750. The van der Waals surface area contributed by atoms with Gasteiger partial charge < -0.3 is 9.80 Å². The molecule has 1 atom stereocenters. The van der Waals surface area contributed by atoms with Crippen molar-refractivity contribution < 1.29 is 18.0 Å². The first-order valence-corrected chi connectivity index (χ1v) is 12.3. The average molecular weight is 456 g/mol. The number of sulfonamides is 1. The lowest BCUT2D eigenvalue weighted by atomic mass is 10.1. The van der Waals surface area contributed by atoms with Gasteiger partial charge in [-0.25, -0.2) is 8.42 Å². The lowest BCUT2D eigenvalue weighted by Gasteiger charge is -2.33. The smallest absolute Gasteiger partial charge is 0.242 e. The Morgan fingerprint density at radius 1 is 1.17 bits per heavy atom. The zero-order valence-electron chi connectivity index (χ0n) is 15.8. The van der Waals surface area contributed by atoms with Crippen LogP contribution in [0.2, 0.25) is 4.34 Å². The van der Waals surface area contributed by atoms with Gasteiger partial charge in [-0.1, -0.05) is 11.6 Å². The third-order valence-corrected chi connectivity index (χ3v) is 8.10. The zero-order valence-corrected chi connectivity index (χ0v) is 18.2. The van der Waals surface area contributed by atoms with Gasteiger partial charge in [-0.2, -0.15) is 4.72 Å². The molecule has 2 amide bonds. The molecular weight excluding hydrogens is 434 g/mol. The van der Waals surface area contributed by atoms with E-state index in [-0.39, 0.29) is 23.3 Å². The van der Waals surface area contributed by atoms with Crippen molar-refractivity contribution >= 4 is 54.9 Å². The fourth-order valence-electron chi connectivity index (χ4n) is 3.85. The van der Waals surface area contributed by atoms with Crippen LogP contribution in [-0.4, -0.2) is 62.3 Å². The summed E-state index contributed by atoms with van der Waals surface area (Å²) in [4.78, 5) is 28.5. The number of benzene rings is 1. The summed E-state index contributed by atoms with van der Waals surface area (Å²) in [6.07, 6.45) is 3.04. The van der Waals surface area contributed by atoms with Crippen molar-refractivity contribution in [2.24, 2.45) is 0 Å². The Labute approximate surface area is 178 Å². The Balaban J connectivity index is 1.46. The number of carbonyl (C=O) groups is 2. The summed E-state index contributed by atoms with van der Waals surface area (Å²) in [6.45, 7) is 1.93. The molecule has 0 bridgehead atoms. The van der Waals surface area contributed by atoms with Crippen molar-refractivity contribution in [3.05, 3.63) is 28.6 Å². The summed E-state index contributed by atoms with van der Waals surface area (Å²) < 4.78 is 29.7. The molecule has 0 unspecified atom stereocenters. The van der Waals surface area contributed by atoms with Crippen molar-refractivity contribution in [3.8, 4) is 0 Å². The molecule has 2 saturated heterocycles. The average Bonchev–Trinajstić information content (AvgIpc) is 3.32. The molecule has 1 N–H and O–H groups in total. The molecule has 0 saturated carbocycles. The lowest BCUT2D eigenvalue weighted by molar-refractivity contribution is -0.142. The topological polar surface area (TPSA) is 86.8 Å². The molecule has 29 heavy (non-hydrogen) atoms. The second-order valence-corrected chi connectivity index (χ2v) is 10.8. The number of likely N-dealkylation sites (tertiary alicyclic amines) is 2. The Morgan fingerprint density at radius 2 is 1.93 bits per heavy atom. The summed E-state index contributed by atoms with van der Waals surface area (Å²) in [5, 5.41) is 0.746. The first-order valence-electron chi connectivity index (χ1n) is 9.61. The zero-order chi connectivity index (χ0) is 20.6. The van der Waals surface area contributed by atoms with E-state index in [1.807, 2.05) is 0 Å². The number of amides is 2. The van der Waals surface area contributed by atoms with Crippen LogP contribution in [0.25, 0.3) is 10.1 Å². The van der Waals surface area contributed by atoms with Gasteiger partial charge in [-0.15, -0.1) is 11.3 Å². The van der Waals surface area contributed by atoms with Gasteiger partial charge in [0, 0.05) is 24.3 Å². The van der Waals surface area contributed by atoms with E-state index in [4.69, 9.17) is 11.6 Å². The largest absolute Gasteiger partial charge is 0.341 e. The molecule has 10 heteroatoms. The fraction of sp³-hybridized carbons (Fsp3) is 0.474. The maximum Gasteiger partial charge on any atom is 0.242 e. The highest BCUT2D eigenvalue weighted by molar-refractivity contribution is 7.89. The fourth-order valence-corrected chi connectivity index (χ4v) is 6.24. The third kappa shape index (κ3) is 4.42. The summed E-state index contributed by atoms with van der Waals surface area (Å²) in [5.41, 5.74) is 0. The standard InChI is InChI=1S/C19H22ClN3O4S2/c20-17-11-13-10-14(5-6-16(13)28-17)29(26,27)21-15-4-3-9-23(19(15)25)12-18(24)22-7-1-2-8-22/h5-6,10-11,15,21H,1-4,7-9,12H2/t15-/m0/s1. The Morgan fingerprint density at radius 3 is 2.69 bits per heavy atom. The van der Waals surface area contributed by atoms with Crippen molar-refractivity contribution in [1.29, 1.82) is 0 Å². The van der Waals surface area contributed by atoms with E-state index in [0.717, 1.165) is 36.0 Å². The van der Waals surface area contributed by atoms with E-state index >= 15 is 0 Å². The molecule has 156 valence electrons. The van der Waals surface area contributed by atoms with E-state index in [0.29, 0.717) is 23.7 Å². The maximum atomic E-state index is 12.8. The van der Waals surface area contributed by atoms with Crippen LogP contribution in [-0.2, 0) is 19.6 Å². The predicted octanol–water partition coefficient (Wildman–Crippen LogP) is 2.45. The van der Waals surface area contributed by atoms with Gasteiger partial charge in [-0.3, -0.25) is 9.59 Å². The molecule has 7 nitrogen and oxygen atoms in total. The van der Waals surface area contributed by atoms with Gasteiger partial charge >= 0.3 is 0 Å². The van der Waals surface area contributed by atoms with Crippen molar-refractivity contribution in [3.63, 3.8) is 0 Å². The minimum Gasteiger partial charge on any atom is -0.341 e. The van der Waals surface area contributed by atoms with E-state index in [9.17, 15) is 18.0 Å². The van der Waals surface area contributed by atoms with Gasteiger partial charge in [-0.05, 0) is 55.3 Å². The van der Waals surface area contributed by atoms with Crippen LogP contribution in [0.4, 0.5) is 0 Å². The number of carbonyl (C=O) groups excluding carboxylic acids is 2. The van der Waals surface area contributed by atoms with Crippen LogP contribution in [0.15, 0.2) is 29.2 Å². The summed E-state index contributed by atoms with van der Waals surface area (Å²) in [5.74, 6) is -0.411. The van der Waals surface area contributed by atoms with Crippen LogP contribution in [0, 0.1) is 0 Å². The van der Waals surface area contributed by atoms with E-state index in [2.05, 4.69) is 4.72 Å². The number of hydrogen-bond acceptors (Lipinski definition) is 5. The van der Waals surface area contributed by atoms with E-state index in [1.54, 1.807) is 23.1 Å². The molecule has 1 aromatic heterocycles. The van der Waals surface area contributed by atoms with Crippen LogP contribution in [0.5, 0.6) is 0 Å². The van der Waals surface area contributed by atoms with Crippen LogP contribution >= 0.6 is 22.9 Å². The molecule has 2 aromatic rings. The van der Waals surface area contributed by atoms with Crippen LogP contribution < -0.4 is 4.72 Å². The molecule has 4 rings (SSSR count). The van der Waals surface area contributed by atoms with Gasteiger partial charge in [0.2, 0.25) is 21.8 Å². The lowest BCUT2D eigenvalue weighted by Crippen LogP contribution is -2.54. The number of hydrogen-bond donors (Lipinski definition) is 1. The highest BCUT2D eigenvalue weighted by atomic mass is 35.5. The molecule has 0 radical (unpaired) electrons. The monoisotopic (exact) mass is 455 g/mol. The Kier molecular flexibility index (Phi) is 5.83. The third-order valence-electron chi connectivity index (χ3n) is 5.38. The highest BCUT2D eigenvalue weighted by Gasteiger charge is 2.34. The second-order valence-electron chi connectivity index (χ2n) is 7.41. The second kappa shape index (κ2) is 8.22. The van der Waals surface area contributed by atoms with Crippen molar-refractivity contribution in [2.75, 3.05) is 26.2 Å². The number of piperidine rings is 1. The first-order chi connectivity index (χ1) is 13.8. The van der Waals surface area contributed by atoms with Crippen molar-refractivity contribution in [2.45, 2.75) is 36.6 Å². The molecule has 1 aromatic carbocycles. The number of nitrogens with one attached hydrogen (secondary N) is 1. The summed E-state index contributed by atoms with van der Waals surface area (Å²) in [7, 11) is -3.87. The van der Waals surface area contributed by atoms with Gasteiger partial charge in [0.15, 0.2) is 0 Å². The van der Waals surface area contributed by atoms with Crippen molar-refractivity contribution in [1.82, 2.24) is 14.5 Å². The molecule has 3 heterocycles. The normalized spacial score (nSPS) is 20.6. The molecule has 0 aliphatic carbocycles. The van der Waals surface area contributed by atoms with Gasteiger partial charge in [0.25, 0.3) is 0 Å². The maximum absolute atomic E-state index is 12.8. The predicted molar refractivity (Wildman–Crippen MR) is 113 cm³/mol. The van der Waals surface area contributed by atoms with Gasteiger partial charge in [0.05, 0.1) is 15.8 Å². The number of fused-ring (bicyclic) bond motifs is 1. The SMILES string of the molecule is O=C(CN1CCC[C@H](NS(=O)(=O)c2ccc3sc(Cl)cc3c2)C1=O)N1CCCC1. The minimum absolute atomic E-state index is 0.0103. The molecule has 0 spiro atoms. The minimum atomic E-state index is -3.87. The number of thiophene rings is 1. The highest BCUT2D eigenvalue weighted by Crippen LogP contribution is 2.31. The Hall–Kier alpha value is -1.68. The van der Waals surface area contributed by atoms with E-state index < -0.39 is 16.1 Å². The van der Waals surface area contributed by atoms with Gasteiger partial charge in [0.1, 0.15) is 6.04 Å². The van der Waals surface area contributed by atoms with E-state index in [1.165, 1.54) is 22.3 Å². The summed E-state index contributed by atoms with van der Waals surface area (Å²) >= 11 is 7.38. The molecule has 2 aliphatic rings. The first kappa shape index (κ1) is 20.6. The number of halogens is 1. The Bertz CT molecular complexity index is 1050. The number of nitrogens with zero attached hydrogens (tertiary/aromatic N) is 2.